The Labute approximate surface area is 203 Å². The summed E-state index contributed by atoms with van der Waals surface area (Å²) in [6, 6.07) is 0.131. The lowest BCUT2D eigenvalue weighted by Crippen LogP contribution is -2.68. The van der Waals surface area contributed by atoms with Crippen LogP contribution in [0.4, 0.5) is 0 Å². The van der Waals surface area contributed by atoms with E-state index in [1.54, 1.807) is 0 Å². The number of hydrogen-bond acceptors (Lipinski definition) is 3. The molecule has 0 aliphatic heterocycles. The molecule has 0 amide bonds. The minimum absolute atomic E-state index is 0.131. The first kappa shape index (κ1) is 24.3. The Morgan fingerprint density at radius 2 is 1.61 bits per heavy atom. The molecule has 5 fully saturated rings. The van der Waals surface area contributed by atoms with E-state index in [0.29, 0.717) is 33.5 Å². The van der Waals surface area contributed by atoms with Gasteiger partial charge in [0.2, 0.25) is 0 Å². The molecule has 188 valence electrons. The van der Waals surface area contributed by atoms with E-state index < -0.39 is 0 Å². The Bertz CT molecular complexity index is 811. The highest BCUT2D eigenvalue weighted by Gasteiger charge is 2.70. The summed E-state index contributed by atoms with van der Waals surface area (Å²) in [7, 11) is 0. The van der Waals surface area contributed by atoms with Crippen LogP contribution in [-0.2, 0) is 0 Å². The van der Waals surface area contributed by atoms with Gasteiger partial charge in [-0.1, -0.05) is 39.8 Å². The maximum atomic E-state index is 10.5. The van der Waals surface area contributed by atoms with Gasteiger partial charge in [-0.2, -0.15) is 0 Å². The van der Waals surface area contributed by atoms with Gasteiger partial charge in [0.05, 0.1) is 6.61 Å². The predicted molar refractivity (Wildman–Crippen MR) is 137 cm³/mol. The SMILES string of the molecule is C=C(C)[C@@H]1CC[C@]2(CN)CC[C@]3(C)[C@H](CC[C@@H]4[C@@]5(C)CC[C@H](N)C(C)(CO)[C@@H]5CC[C@]43C)[C@@H]12. The van der Waals surface area contributed by atoms with Gasteiger partial charge in [-0.05, 0) is 129 Å². The number of hydrogen-bond donors (Lipinski definition) is 3. The molecule has 1 unspecified atom stereocenters. The van der Waals surface area contributed by atoms with Crippen LogP contribution in [0.5, 0.6) is 0 Å². The minimum Gasteiger partial charge on any atom is -0.396 e. The van der Waals surface area contributed by atoms with Crippen LogP contribution in [0.15, 0.2) is 12.2 Å². The van der Waals surface area contributed by atoms with Crippen molar-refractivity contribution in [2.75, 3.05) is 13.2 Å². The first-order valence-corrected chi connectivity index (χ1v) is 14.2. The normalized spacial score (nSPS) is 58.1. The summed E-state index contributed by atoms with van der Waals surface area (Å²) in [6.45, 7) is 18.1. The third-order valence-electron chi connectivity index (χ3n) is 13.9. The zero-order valence-corrected chi connectivity index (χ0v) is 22.3. The first-order valence-electron chi connectivity index (χ1n) is 14.2. The predicted octanol–water partition coefficient (Wildman–Crippen LogP) is 5.90. The standard InChI is InChI=1S/C30H52N2O/c1-19(2)20-9-14-30(17-31)16-15-28(5)21(25(20)30)7-8-23-26(3)12-11-24(32)27(4,18-33)22(26)10-13-29(23,28)6/h20-25,33H,1,7-18,31-32H2,2-6H3/t20-,21+,22+,23+,24-,25+,26-,27?,28+,29+,30+/m0/s1. The van der Waals surface area contributed by atoms with E-state index >= 15 is 0 Å². The Balaban J connectivity index is 1.55. The number of aliphatic hydroxyl groups is 1. The monoisotopic (exact) mass is 456 g/mol. The van der Waals surface area contributed by atoms with E-state index in [0.717, 1.165) is 30.7 Å². The molecule has 5 rings (SSSR count). The molecule has 5 N–H and O–H groups in total. The highest BCUT2D eigenvalue weighted by Crippen LogP contribution is 2.77. The average molecular weight is 457 g/mol. The van der Waals surface area contributed by atoms with Gasteiger partial charge in [-0.3, -0.25) is 0 Å². The fourth-order valence-corrected chi connectivity index (χ4v) is 11.7. The van der Waals surface area contributed by atoms with Crippen molar-refractivity contribution in [3.05, 3.63) is 12.2 Å². The van der Waals surface area contributed by atoms with Crippen LogP contribution in [0.2, 0.25) is 0 Å². The summed E-state index contributed by atoms with van der Waals surface area (Å²) in [6.07, 6.45) is 12.8. The molecule has 5 aliphatic rings. The summed E-state index contributed by atoms with van der Waals surface area (Å²) < 4.78 is 0. The van der Waals surface area contributed by atoms with Crippen molar-refractivity contribution >= 4 is 0 Å². The van der Waals surface area contributed by atoms with Gasteiger partial charge in [0, 0.05) is 11.5 Å². The number of allylic oxidation sites excluding steroid dienone is 1. The third-order valence-corrected chi connectivity index (χ3v) is 13.9. The number of aliphatic hydroxyl groups excluding tert-OH is 1. The van der Waals surface area contributed by atoms with Crippen LogP contribution >= 0.6 is 0 Å². The van der Waals surface area contributed by atoms with Gasteiger partial charge >= 0.3 is 0 Å². The van der Waals surface area contributed by atoms with Gasteiger partial charge < -0.3 is 16.6 Å². The molecule has 0 saturated heterocycles. The molecule has 3 nitrogen and oxygen atoms in total. The quantitative estimate of drug-likeness (QED) is 0.463. The second kappa shape index (κ2) is 7.56. The molecular weight excluding hydrogens is 404 g/mol. The molecular formula is C30H52N2O. The lowest BCUT2D eigenvalue weighted by molar-refractivity contribution is -0.242. The van der Waals surface area contributed by atoms with Crippen LogP contribution in [0.3, 0.4) is 0 Å². The fraction of sp³-hybridized carbons (Fsp3) is 0.933. The summed E-state index contributed by atoms with van der Waals surface area (Å²) in [5.41, 5.74) is 15.9. The maximum absolute atomic E-state index is 10.5. The zero-order valence-electron chi connectivity index (χ0n) is 22.3. The van der Waals surface area contributed by atoms with Crippen molar-refractivity contribution in [2.24, 2.45) is 68.1 Å². The van der Waals surface area contributed by atoms with Crippen LogP contribution in [0.1, 0.15) is 98.8 Å². The molecule has 3 heteroatoms. The summed E-state index contributed by atoms with van der Waals surface area (Å²) in [5.74, 6) is 3.44. The van der Waals surface area contributed by atoms with Crippen molar-refractivity contribution in [1.82, 2.24) is 0 Å². The van der Waals surface area contributed by atoms with Crippen molar-refractivity contribution in [3.8, 4) is 0 Å². The molecule has 0 bridgehead atoms. The molecule has 33 heavy (non-hydrogen) atoms. The molecule has 11 atom stereocenters. The highest BCUT2D eigenvalue weighted by molar-refractivity contribution is 5.22. The molecule has 0 aromatic rings. The topological polar surface area (TPSA) is 72.3 Å². The van der Waals surface area contributed by atoms with Crippen LogP contribution in [0.25, 0.3) is 0 Å². The van der Waals surface area contributed by atoms with E-state index in [1.165, 1.54) is 63.4 Å². The maximum Gasteiger partial charge on any atom is 0.0502 e. The van der Waals surface area contributed by atoms with E-state index in [-0.39, 0.29) is 18.1 Å². The van der Waals surface area contributed by atoms with E-state index in [4.69, 9.17) is 11.5 Å². The molecule has 0 aromatic carbocycles. The minimum atomic E-state index is -0.135. The summed E-state index contributed by atoms with van der Waals surface area (Å²) in [5, 5.41) is 10.5. The van der Waals surface area contributed by atoms with Crippen molar-refractivity contribution in [2.45, 2.75) is 105 Å². The molecule has 5 aliphatic carbocycles. The summed E-state index contributed by atoms with van der Waals surface area (Å²) in [4.78, 5) is 0. The smallest absolute Gasteiger partial charge is 0.0502 e. The van der Waals surface area contributed by atoms with Gasteiger partial charge in [0.1, 0.15) is 0 Å². The van der Waals surface area contributed by atoms with Gasteiger partial charge in [0.25, 0.3) is 0 Å². The second-order valence-corrected chi connectivity index (χ2v) is 14.6. The highest BCUT2D eigenvalue weighted by atomic mass is 16.3. The van der Waals surface area contributed by atoms with Crippen LogP contribution in [-0.4, -0.2) is 24.3 Å². The molecule has 0 spiro atoms. The Morgan fingerprint density at radius 1 is 0.879 bits per heavy atom. The first-order chi connectivity index (χ1) is 15.4. The van der Waals surface area contributed by atoms with E-state index in [1.807, 2.05) is 0 Å². The average Bonchev–Trinajstić information content (AvgIpc) is 3.17. The zero-order chi connectivity index (χ0) is 24.0. The van der Waals surface area contributed by atoms with Crippen molar-refractivity contribution < 1.29 is 5.11 Å². The van der Waals surface area contributed by atoms with Crippen LogP contribution in [0, 0.1) is 56.7 Å². The fourth-order valence-electron chi connectivity index (χ4n) is 11.7. The number of rotatable bonds is 3. The lowest BCUT2D eigenvalue weighted by atomic mass is 9.32. The largest absolute Gasteiger partial charge is 0.396 e. The van der Waals surface area contributed by atoms with Gasteiger partial charge in [-0.25, -0.2) is 0 Å². The van der Waals surface area contributed by atoms with E-state index in [9.17, 15) is 5.11 Å². The Hall–Kier alpha value is -0.380. The molecule has 0 aromatic heterocycles. The molecule has 0 heterocycles. The summed E-state index contributed by atoms with van der Waals surface area (Å²) >= 11 is 0. The Morgan fingerprint density at radius 3 is 2.24 bits per heavy atom. The van der Waals surface area contributed by atoms with Crippen molar-refractivity contribution in [1.29, 1.82) is 0 Å². The van der Waals surface area contributed by atoms with E-state index in [2.05, 4.69) is 41.2 Å². The van der Waals surface area contributed by atoms with Gasteiger partial charge in [0.15, 0.2) is 0 Å². The number of nitrogens with two attached hydrogens (primary N) is 2. The third kappa shape index (κ3) is 2.85. The lowest BCUT2D eigenvalue weighted by Gasteiger charge is -2.73. The molecule has 5 saturated carbocycles. The van der Waals surface area contributed by atoms with Crippen molar-refractivity contribution in [3.63, 3.8) is 0 Å². The second-order valence-electron chi connectivity index (χ2n) is 14.6. The number of fused-ring (bicyclic) bond motifs is 7. The van der Waals surface area contributed by atoms with Gasteiger partial charge in [-0.15, -0.1) is 0 Å². The molecule has 0 radical (unpaired) electrons. The van der Waals surface area contributed by atoms with Crippen LogP contribution < -0.4 is 11.5 Å². The Kier molecular flexibility index (Phi) is 5.57.